The van der Waals surface area contributed by atoms with Crippen molar-refractivity contribution in [2.24, 2.45) is 12.0 Å². The van der Waals surface area contributed by atoms with Gasteiger partial charge in [0, 0.05) is 37.3 Å². The molecule has 0 aromatic carbocycles. The van der Waals surface area contributed by atoms with Gasteiger partial charge in [0.05, 0.1) is 5.69 Å². The maximum Gasteiger partial charge on any atom is 0.191 e. The summed E-state index contributed by atoms with van der Waals surface area (Å²) in [6.07, 6.45) is 1.95. The van der Waals surface area contributed by atoms with Crippen LogP contribution in [0.5, 0.6) is 0 Å². The second-order valence-electron chi connectivity index (χ2n) is 7.07. The molecule has 8 nitrogen and oxygen atoms in total. The second-order valence-corrected chi connectivity index (χ2v) is 8.11. The van der Waals surface area contributed by atoms with E-state index in [4.69, 9.17) is 4.99 Å². The monoisotopic (exact) mass is 542 g/mol. The average molecular weight is 542 g/mol. The Balaban J connectivity index is 0.00000320. The highest BCUT2D eigenvalue weighted by molar-refractivity contribution is 14.0. The smallest absolute Gasteiger partial charge is 0.191 e. The Morgan fingerprint density at radius 2 is 1.97 bits per heavy atom. The zero-order chi connectivity index (χ0) is 20.6. The third kappa shape index (κ3) is 7.08. The van der Waals surface area contributed by atoms with Crippen LogP contribution in [0.1, 0.15) is 34.3 Å². The summed E-state index contributed by atoms with van der Waals surface area (Å²) >= 11 is 1.78. The fourth-order valence-corrected chi connectivity index (χ4v) is 3.72. The standard InChI is InChI=1S/C20H30N8S.HI/c1-15-13-16(2)28(26-15)11-6-9-21-20(22-10-8-18-7-5-12-29-18)23-14-19-25-24-17(3)27(19)4;/h5,7,12-13H,6,8-11,14H2,1-4H3,(H2,21,22,23);1H. The van der Waals surface area contributed by atoms with Gasteiger partial charge in [-0.1, -0.05) is 6.07 Å². The highest BCUT2D eigenvalue weighted by Gasteiger charge is 2.06. The minimum Gasteiger partial charge on any atom is -0.356 e. The quantitative estimate of drug-likeness (QED) is 0.188. The lowest BCUT2D eigenvalue weighted by Gasteiger charge is -2.13. The fraction of sp³-hybridized carbons (Fsp3) is 0.500. The van der Waals surface area contributed by atoms with Crippen molar-refractivity contribution in [2.45, 2.75) is 46.7 Å². The summed E-state index contributed by atoms with van der Waals surface area (Å²) in [6.45, 7) is 9.09. The minimum absolute atomic E-state index is 0. The molecule has 0 atom stereocenters. The number of nitrogens with one attached hydrogen (secondary N) is 2. The first-order valence-electron chi connectivity index (χ1n) is 9.93. The van der Waals surface area contributed by atoms with Crippen molar-refractivity contribution in [3.63, 3.8) is 0 Å². The van der Waals surface area contributed by atoms with Gasteiger partial charge in [-0.25, -0.2) is 4.99 Å². The normalized spacial score (nSPS) is 11.4. The van der Waals surface area contributed by atoms with E-state index in [0.29, 0.717) is 6.54 Å². The van der Waals surface area contributed by atoms with E-state index in [-0.39, 0.29) is 24.0 Å². The molecule has 30 heavy (non-hydrogen) atoms. The lowest BCUT2D eigenvalue weighted by Crippen LogP contribution is -2.39. The van der Waals surface area contributed by atoms with Gasteiger partial charge in [-0.15, -0.1) is 45.5 Å². The van der Waals surface area contributed by atoms with Crippen molar-refractivity contribution in [1.82, 2.24) is 35.2 Å². The molecule has 3 heterocycles. The molecule has 0 saturated carbocycles. The van der Waals surface area contributed by atoms with Gasteiger partial charge >= 0.3 is 0 Å². The number of nitrogens with zero attached hydrogens (tertiary/aromatic N) is 6. The van der Waals surface area contributed by atoms with Crippen LogP contribution in [-0.4, -0.2) is 43.6 Å². The number of thiophene rings is 1. The Morgan fingerprint density at radius 3 is 2.60 bits per heavy atom. The van der Waals surface area contributed by atoms with Gasteiger partial charge in [0.1, 0.15) is 12.4 Å². The Morgan fingerprint density at radius 1 is 1.17 bits per heavy atom. The Hall–Kier alpha value is -1.95. The number of aliphatic imine (C=N–C) groups is 1. The van der Waals surface area contributed by atoms with Crippen LogP contribution in [0.4, 0.5) is 0 Å². The molecular formula is C20H31IN8S. The summed E-state index contributed by atoms with van der Waals surface area (Å²) in [5.41, 5.74) is 2.26. The van der Waals surface area contributed by atoms with E-state index in [1.807, 2.05) is 25.5 Å². The van der Waals surface area contributed by atoms with Gasteiger partial charge in [0.2, 0.25) is 0 Å². The molecule has 3 aromatic heterocycles. The molecule has 10 heteroatoms. The zero-order valence-corrected chi connectivity index (χ0v) is 21.2. The molecule has 3 rings (SSSR count). The molecule has 0 spiro atoms. The predicted molar refractivity (Wildman–Crippen MR) is 133 cm³/mol. The summed E-state index contributed by atoms with van der Waals surface area (Å²) < 4.78 is 4.02. The van der Waals surface area contributed by atoms with Crippen LogP contribution in [0.3, 0.4) is 0 Å². The van der Waals surface area contributed by atoms with E-state index in [0.717, 1.165) is 55.8 Å². The highest BCUT2D eigenvalue weighted by atomic mass is 127. The number of aryl methyl sites for hydroxylation is 4. The summed E-state index contributed by atoms with van der Waals surface area (Å²) in [6, 6.07) is 6.35. The van der Waals surface area contributed by atoms with E-state index in [2.05, 4.69) is 61.1 Å². The van der Waals surface area contributed by atoms with Crippen LogP contribution in [0.2, 0.25) is 0 Å². The molecule has 0 aliphatic heterocycles. The maximum atomic E-state index is 4.71. The molecule has 0 aliphatic carbocycles. The highest BCUT2D eigenvalue weighted by Crippen LogP contribution is 2.08. The van der Waals surface area contributed by atoms with Crippen molar-refractivity contribution >= 4 is 41.3 Å². The van der Waals surface area contributed by atoms with Crippen LogP contribution in [-0.2, 0) is 26.6 Å². The third-order valence-electron chi connectivity index (χ3n) is 4.75. The summed E-state index contributed by atoms with van der Waals surface area (Å²) in [7, 11) is 1.96. The van der Waals surface area contributed by atoms with Crippen molar-refractivity contribution in [2.75, 3.05) is 13.1 Å². The summed E-state index contributed by atoms with van der Waals surface area (Å²) in [4.78, 5) is 6.07. The van der Waals surface area contributed by atoms with Crippen molar-refractivity contribution in [3.8, 4) is 0 Å². The number of aromatic nitrogens is 5. The molecule has 0 amide bonds. The number of hydrogen-bond acceptors (Lipinski definition) is 5. The van der Waals surface area contributed by atoms with Gasteiger partial charge in [-0.3, -0.25) is 4.68 Å². The lowest BCUT2D eigenvalue weighted by atomic mass is 10.3. The first-order valence-corrected chi connectivity index (χ1v) is 10.8. The van der Waals surface area contributed by atoms with Crippen LogP contribution in [0.15, 0.2) is 28.6 Å². The van der Waals surface area contributed by atoms with Crippen LogP contribution in [0.25, 0.3) is 0 Å². The molecule has 0 fully saturated rings. The maximum absolute atomic E-state index is 4.71. The van der Waals surface area contributed by atoms with Crippen molar-refractivity contribution in [3.05, 3.63) is 51.5 Å². The number of hydrogen-bond donors (Lipinski definition) is 2. The molecule has 0 radical (unpaired) electrons. The summed E-state index contributed by atoms with van der Waals surface area (Å²) in [5, 5.41) is 21.8. The third-order valence-corrected chi connectivity index (χ3v) is 5.68. The Labute approximate surface area is 199 Å². The number of rotatable bonds is 9. The van der Waals surface area contributed by atoms with Gasteiger partial charge in [0.25, 0.3) is 0 Å². The zero-order valence-electron chi connectivity index (χ0n) is 18.1. The molecule has 0 bridgehead atoms. The van der Waals surface area contributed by atoms with Crippen LogP contribution >= 0.6 is 35.3 Å². The molecule has 3 aromatic rings. The fourth-order valence-electron chi connectivity index (χ4n) is 3.01. The first kappa shape index (κ1) is 24.3. The van der Waals surface area contributed by atoms with Gasteiger partial charge in [-0.2, -0.15) is 5.10 Å². The van der Waals surface area contributed by atoms with Crippen molar-refractivity contribution < 1.29 is 0 Å². The Kier molecular flexibility index (Phi) is 9.76. The minimum atomic E-state index is 0. The van der Waals surface area contributed by atoms with Gasteiger partial charge in [-0.05, 0) is 51.1 Å². The SMILES string of the molecule is Cc1cc(C)n(CCCNC(=NCc2nnc(C)n2C)NCCc2cccs2)n1.I. The molecule has 2 N–H and O–H groups in total. The van der Waals surface area contributed by atoms with E-state index in [1.165, 1.54) is 10.6 Å². The van der Waals surface area contributed by atoms with Gasteiger partial charge < -0.3 is 15.2 Å². The van der Waals surface area contributed by atoms with E-state index in [1.54, 1.807) is 11.3 Å². The van der Waals surface area contributed by atoms with E-state index < -0.39 is 0 Å². The topological polar surface area (TPSA) is 85.0 Å². The molecule has 0 aliphatic rings. The van der Waals surface area contributed by atoms with Gasteiger partial charge in [0.15, 0.2) is 11.8 Å². The predicted octanol–water partition coefficient (Wildman–Crippen LogP) is 2.98. The lowest BCUT2D eigenvalue weighted by molar-refractivity contribution is 0.555. The molecule has 164 valence electrons. The first-order chi connectivity index (χ1) is 14.0. The van der Waals surface area contributed by atoms with Crippen molar-refractivity contribution in [1.29, 1.82) is 0 Å². The number of halogens is 1. The largest absolute Gasteiger partial charge is 0.356 e. The second kappa shape index (κ2) is 12.0. The summed E-state index contributed by atoms with van der Waals surface area (Å²) in [5.74, 6) is 2.54. The Bertz CT molecular complexity index is 929. The molecule has 0 unspecified atom stereocenters. The number of guanidine groups is 1. The van der Waals surface area contributed by atoms with E-state index in [9.17, 15) is 0 Å². The molecule has 0 saturated heterocycles. The van der Waals surface area contributed by atoms with Crippen LogP contribution < -0.4 is 10.6 Å². The van der Waals surface area contributed by atoms with Crippen LogP contribution in [0, 0.1) is 20.8 Å². The molecular weight excluding hydrogens is 511 g/mol. The average Bonchev–Trinajstić information content (AvgIpc) is 3.40. The van der Waals surface area contributed by atoms with E-state index >= 15 is 0 Å².